The van der Waals surface area contributed by atoms with E-state index in [1.807, 2.05) is 24.3 Å². The summed E-state index contributed by atoms with van der Waals surface area (Å²) in [6.07, 6.45) is 0.669. The predicted molar refractivity (Wildman–Crippen MR) is 72.6 cm³/mol. The zero-order chi connectivity index (χ0) is 13.8. The molecule has 6 heteroatoms. The van der Waals surface area contributed by atoms with Gasteiger partial charge in [0.25, 0.3) is 0 Å². The first-order valence-electron chi connectivity index (χ1n) is 6.64. The molecule has 2 heterocycles. The SMILES string of the molecule is COc1ccccc1-c1noc(CC2COCCN2)n1. The summed E-state index contributed by atoms with van der Waals surface area (Å²) in [7, 11) is 1.63. The Balaban J connectivity index is 1.75. The molecule has 0 bridgehead atoms. The molecule has 0 amide bonds. The second kappa shape index (κ2) is 6.02. The van der Waals surface area contributed by atoms with Gasteiger partial charge in [-0.2, -0.15) is 4.98 Å². The lowest BCUT2D eigenvalue weighted by Crippen LogP contribution is -2.42. The van der Waals surface area contributed by atoms with E-state index >= 15 is 0 Å². The third kappa shape index (κ3) is 2.81. The van der Waals surface area contributed by atoms with E-state index in [2.05, 4.69) is 15.5 Å². The fourth-order valence-electron chi connectivity index (χ4n) is 2.24. The van der Waals surface area contributed by atoms with Crippen molar-refractivity contribution in [3.8, 4) is 17.1 Å². The van der Waals surface area contributed by atoms with E-state index < -0.39 is 0 Å². The van der Waals surface area contributed by atoms with Crippen LogP contribution in [-0.2, 0) is 11.2 Å². The number of ether oxygens (including phenoxy) is 2. The van der Waals surface area contributed by atoms with Crippen LogP contribution in [0.25, 0.3) is 11.4 Å². The van der Waals surface area contributed by atoms with Crippen LogP contribution in [0.3, 0.4) is 0 Å². The summed E-state index contributed by atoms with van der Waals surface area (Å²) < 4.78 is 16.0. The van der Waals surface area contributed by atoms with Crippen molar-refractivity contribution in [1.82, 2.24) is 15.5 Å². The number of morpholine rings is 1. The van der Waals surface area contributed by atoms with Crippen LogP contribution in [0.4, 0.5) is 0 Å². The number of para-hydroxylation sites is 1. The highest BCUT2D eigenvalue weighted by atomic mass is 16.5. The lowest BCUT2D eigenvalue weighted by Gasteiger charge is -2.22. The first-order chi connectivity index (χ1) is 9.86. The van der Waals surface area contributed by atoms with Crippen LogP contribution in [0.5, 0.6) is 5.75 Å². The normalized spacial score (nSPS) is 18.9. The number of methoxy groups -OCH3 is 1. The number of benzene rings is 1. The van der Waals surface area contributed by atoms with Crippen LogP contribution in [0.15, 0.2) is 28.8 Å². The van der Waals surface area contributed by atoms with Crippen molar-refractivity contribution < 1.29 is 14.0 Å². The first kappa shape index (κ1) is 13.1. The summed E-state index contributed by atoms with van der Waals surface area (Å²) in [6.45, 7) is 2.29. The third-order valence-corrected chi connectivity index (χ3v) is 3.24. The Morgan fingerprint density at radius 2 is 2.30 bits per heavy atom. The van der Waals surface area contributed by atoms with Gasteiger partial charge in [-0.3, -0.25) is 0 Å². The highest BCUT2D eigenvalue weighted by molar-refractivity contribution is 5.63. The minimum atomic E-state index is 0.231. The molecule has 1 atom stereocenters. The van der Waals surface area contributed by atoms with Crippen molar-refractivity contribution in [2.75, 3.05) is 26.9 Å². The number of rotatable bonds is 4. The predicted octanol–water partition coefficient (Wildman–Crippen LogP) is 1.28. The molecule has 0 saturated carbocycles. The van der Waals surface area contributed by atoms with Crippen LogP contribution >= 0.6 is 0 Å². The van der Waals surface area contributed by atoms with Gasteiger partial charge in [0, 0.05) is 19.0 Å². The van der Waals surface area contributed by atoms with Crippen molar-refractivity contribution in [1.29, 1.82) is 0 Å². The van der Waals surface area contributed by atoms with Crippen LogP contribution < -0.4 is 10.1 Å². The van der Waals surface area contributed by atoms with E-state index in [9.17, 15) is 0 Å². The Morgan fingerprint density at radius 1 is 1.40 bits per heavy atom. The summed E-state index contributed by atoms with van der Waals surface area (Å²) in [4.78, 5) is 4.43. The van der Waals surface area contributed by atoms with Gasteiger partial charge in [0.05, 0.1) is 25.9 Å². The topological polar surface area (TPSA) is 69.4 Å². The standard InChI is InChI=1S/C14H17N3O3/c1-18-12-5-3-2-4-11(12)14-16-13(20-17-14)8-10-9-19-7-6-15-10/h2-5,10,15H,6-9H2,1H3. The second-order valence-electron chi connectivity index (χ2n) is 4.64. The molecule has 2 aromatic rings. The molecule has 1 aromatic carbocycles. The summed E-state index contributed by atoms with van der Waals surface area (Å²) in [6, 6.07) is 7.85. The number of nitrogens with one attached hydrogen (secondary N) is 1. The highest BCUT2D eigenvalue weighted by Crippen LogP contribution is 2.27. The molecule has 0 aliphatic carbocycles. The fourth-order valence-corrected chi connectivity index (χ4v) is 2.24. The van der Waals surface area contributed by atoms with E-state index in [-0.39, 0.29) is 6.04 Å². The van der Waals surface area contributed by atoms with Crippen LogP contribution in [0.2, 0.25) is 0 Å². The van der Waals surface area contributed by atoms with Gasteiger partial charge in [-0.15, -0.1) is 0 Å². The maximum atomic E-state index is 5.41. The molecule has 0 spiro atoms. The first-order valence-corrected chi connectivity index (χ1v) is 6.64. The van der Waals surface area contributed by atoms with Crippen LogP contribution in [0, 0.1) is 0 Å². The lowest BCUT2D eigenvalue weighted by atomic mass is 10.2. The van der Waals surface area contributed by atoms with Crippen LogP contribution in [0.1, 0.15) is 5.89 Å². The average Bonchev–Trinajstić information content (AvgIpc) is 2.96. The van der Waals surface area contributed by atoms with Gasteiger partial charge in [-0.1, -0.05) is 17.3 Å². The van der Waals surface area contributed by atoms with Crippen molar-refractivity contribution in [3.63, 3.8) is 0 Å². The van der Waals surface area contributed by atoms with Gasteiger partial charge in [0.2, 0.25) is 11.7 Å². The minimum Gasteiger partial charge on any atom is -0.496 e. The molecular weight excluding hydrogens is 258 g/mol. The number of hydrogen-bond acceptors (Lipinski definition) is 6. The van der Waals surface area contributed by atoms with Gasteiger partial charge >= 0.3 is 0 Å². The van der Waals surface area contributed by atoms with E-state index in [1.165, 1.54) is 0 Å². The minimum absolute atomic E-state index is 0.231. The molecule has 106 valence electrons. The molecule has 0 radical (unpaired) electrons. The van der Waals surface area contributed by atoms with Crippen molar-refractivity contribution in [2.24, 2.45) is 0 Å². The molecule has 1 fully saturated rings. The summed E-state index contributed by atoms with van der Waals surface area (Å²) >= 11 is 0. The molecule has 1 unspecified atom stereocenters. The zero-order valence-electron chi connectivity index (χ0n) is 11.3. The maximum Gasteiger partial charge on any atom is 0.228 e. The summed E-state index contributed by atoms with van der Waals surface area (Å²) in [5.41, 5.74) is 0.831. The van der Waals surface area contributed by atoms with Gasteiger partial charge in [-0.05, 0) is 12.1 Å². The average molecular weight is 275 g/mol. The Kier molecular flexibility index (Phi) is 3.94. The van der Waals surface area contributed by atoms with E-state index in [1.54, 1.807) is 7.11 Å². The molecule has 6 nitrogen and oxygen atoms in total. The molecule has 3 rings (SSSR count). The van der Waals surface area contributed by atoms with Crippen molar-refractivity contribution in [2.45, 2.75) is 12.5 Å². The third-order valence-electron chi connectivity index (χ3n) is 3.24. The van der Waals surface area contributed by atoms with Crippen molar-refractivity contribution in [3.05, 3.63) is 30.2 Å². The van der Waals surface area contributed by atoms with Gasteiger partial charge < -0.3 is 19.3 Å². The molecule has 1 aliphatic heterocycles. The number of aromatic nitrogens is 2. The molecule has 1 aromatic heterocycles. The number of hydrogen-bond donors (Lipinski definition) is 1. The molecular formula is C14H17N3O3. The van der Waals surface area contributed by atoms with Crippen LogP contribution in [-0.4, -0.2) is 43.1 Å². The molecule has 1 saturated heterocycles. The molecule has 1 aliphatic rings. The molecule has 1 N–H and O–H groups in total. The Hall–Kier alpha value is -1.92. The quantitative estimate of drug-likeness (QED) is 0.906. The Morgan fingerprint density at radius 3 is 3.10 bits per heavy atom. The second-order valence-corrected chi connectivity index (χ2v) is 4.64. The number of nitrogens with zero attached hydrogens (tertiary/aromatic N) is 2. The lowest BCUT2D eigenvalue weighted by molar-refractivity contribution is 0.0744. The van der Waals surface area contributed by atoms with Gasteiger partial charge in [-0.25, -0.2) is 0 Å². The van der Waals surface area contributed by atoms with E-state index in [4.69, 9.17) is 14.0 Å². The van der Waals surface area contributed by atoms with Crippen molar-refractivity contribution >= 4 is 0 Å². The molecule has 20 heavy (non-hydrogen) atoms. The summed E-state index contributed by atoms with van der Waals surface area (Å²) in [5.74, 6) is 1.89. The summed E-state index contributed by atoms with van der Waals surface area (Å²) in [5, 5.41) is 7.39. The van der Waals surface area contributed by atoms with Gasteiger partial charge in [0.1, 0.15) is 5.75 Å². The fraction of sp³-hybridized carbons (Fsp3) is 0.429. The Bertz CT molecular complexity index is 564. The Labute approximate surface area is 117 Å². The van der Waals surface area contributed by atoms with Gasteiger partial charge in [0.15, 0.2) is 0 Å². The van der Waals surface area contributed by atoms with E-state index in [0.29, 0.717) is 24.7 Å². The highest BCUT2D eigenvalue weighted by Gasteiger charge is 2.18. The largest absolute Gasteiger partial charge is 0.496 e. The van der Waals surface area contributed by atoms with E-state index in [0.717, 1.165) is 24.5 Å². The smallest absolute Gasteiger partial charge is 0.228 e. The zero-order valence-corrected chi connectivity index (χ0v) is 11.3. The monoisotopic (exact) mass is 275 g/mol. The maximum absolute atomic E-state index is 5.41.